The first kappa shape index (κ1) is 30.4. The molecule has 212 valence electrons. The van der Waals surface area contributed by atoms with Crippen molar-refractivity contribution < 1.29 is 24.2 Å². The summed E-state index contributed by atoms with van der Waals surface area (Å²) in [6.07, 6.45) is 6.97. The van der Waals surface area contributed by atoms with Crippen molar-refractivity contribution in [3.8, 4) is 16.9 Å². The lowest BCUT2D eigenvalue weighted by atomic mass is 9.97. The van der Waals surface area contributed by atoms with Gasteiger partial charge in [-0.1, -0.05) is 81.5 Å². The van der Waals surface area contributed by atoms with Crippen molar-refractivity contribution in [3.63, 3.8) is 0 Å². The van der Waals surface area contributed by atoms with Gasteiger partial charge in [-0.2, -0.15) is 0 Å². The molecule has 0 saturated heterocycles. The number of carboxylic acids is 1. The van der Waals surface area contributed by atoms with Gasteiger partial charge in [0.15, 0.2) is 0 Å². The fraction of sp³-hybridized carbons (Fsp3) is 0.364. The molecule has 7 nitrogen and oxygen atoms in total. The lowest BCUT2D eigenvalue weighted by Gasteiger charge is -2.24. The smallest absolute Gasteiger partial charge is 0.326 e. The van der Waals surface area contributed by atoms with Crippen LogP contribution in [0.15, 0.2) is 72.8 Å². The Morgan fingerprint density at radius 3 is 2.20 bits per heavy atom. The molecular weight excluding hydrogens is 504 g/mol. The van der Waals surface area contributed by atoms with Gasteiger partial charge in [0.1, 0.15) is 11.8 Å². The molecule has 3 rings (SSSR count). The lowest BCUT2D eigenvalue weighted by molar-refractivity contribution is -0.139. The molecule has 1 unspecified atom stereocenters. The third-order valence-corrected chi connectivity index (χ3v) is 7.05. The van der Waals surface area contributed by atoms with Crippen LogP contribution in [0.2, 0.25) is 0 Å². The largest absolute Gasteiger partial charge is 0.497 e. The highest BCUT2D eigenvalue weighted by Gasteiger charge is 2.24. The van der Waals surface area contributed by atoms with Crippen LogP contribution >= 0.6 is 0 Å². The van der Waals surface area contributed by atoms with Gasteiger partial charge in [0.25, 0.3) is 5.91 Å². The van der Waals surface area contributed by atoms with E-state index in [1.807, 2.05) is 48.5 Å². The number of unbranched alkanes of at least 4 members (excludes halogenated alkanes) is 5. The number of carbonyl (C=O) groups is 3. The third-order valence-electron chi connectivity index (χ3n) is 7.05. The van der Waals surface area contributed by atoms with E-state index < -0.39 is 17.9 Å². The van der Waals surface area contributed by atoms with Crippen molar-refractivity contribution in [1.82, 2.24) is 5.32 Å². The van der Waals surface area contributed by atoms with Crippen LogP contribution in [0.3, 0.4) is 0 Å². The van der Waals surface area contributed by atoms with Gasteiger partial charge in [0.2, 0.25) is 5.91 Å². The van der Waals surface area contributed by atoms with Gasteiger partial charge in [-0.15, -0.1) is 0 Å². The molecule has 0 aromatic heterocycles. The minimum atomic E-state index is -1.18. The van der Waals surface area contributed by atoms with Crippen LogP contribution in [-0.2, 0) is 16.0 Å². The molecule has 0 fully saturated rings. The van der Waals surface area contributed by atoms with E-state index in [1.54, 1.807) is 36.2 Å². The molecule has 0 bridgehead atoms. The number of methoxy groups -OCH3 is 1. The second kappa shape index (κ2) is 15.5. The summed E-state index contributed by atoms with van der Waals surface area (Å²) in [6, 6.07) is 20.8. The molecule has 0 spiro atoms. The van der Waals surface area contributed by atoms with E-state index in [2.05, 4.69) is 12.2 Å². The molecule has 3 aromatic rings. The number of aliphatic carboxylic acids is 1. The number of rotatable bonds is 15. The zero-order valence-electron chi connectivity index (χ0n) is 23.7. The summed E-state index contributed by atoms with van der Waals surface area (Å²) in [5, 5.41) is 12.6. The zero-order chi connectivity index (χ0) is 28.9. The van der Waals surface area contributed by atoms with Crippen molar-refractivity contribution in [3.05, 3.63) is 83.9 Å². The first-order valence-corrected chi connectivity index (χ1v) is 14.0. The van der Waals surface area contributed by atoms with Gasteiger partial charge in [-0.3, -0.25) is 9.59 Å². The fourth-order valence-corrected chi connectivity index (χ4v) is 4.62. The topological polar surface area (TPSA) is 95.9 Å². The molecule has 0 aliphatic carbocycles. The second-order valence-electron chi connectivity index (χ2n) is 9.98. The van der Waals surface area contributed by atoms with Crippen LogP contribution in [0.5, 0.6) is 5.75 Å². The summed E-state index contributed by atoms with van der Waals surface area (Å²) in [5.74, 6) is -1.06. The van der Waals surface area contributed by atoms with Crippen LogP contribution in [0.25, 0.3) is 11.1 Å². The third kappa shape index (κ3) is 8.70. The number of hydrogen-bond donors (Lipinski definition) is 2. The molecule has 7 heteroatoms. The number of hydrogen-bond acceptors (Lipinski definition) is 4. The summed E-state index contributed by atoms with van der Waals surface area (Å²) in [5.41, 5.74) is 3.56. The van der Waals surface area contributed by atoms with Crippen molar-refractivity contribution in [2.24, 2.45) is 0 Å². The minimum Gasteiger partial charge on any atom is -0.497 e. The number of carboxylic acid groups (broad SMARTS) is 1. The second-order valence-corrected chi connectivity index (χ2v) is 9.98. The predicted octanol–water partition coefficient (Wildman–Crippen LogP) is 6.50. The Hall–Kier alpha value is -4.13. The first-order valence-electron chi connectivity index (χ1n) is 14.0. The average Bonchev–Trinajstić information content (AvgIpc) is 2.98. The summed E-state index contributed by atoms with van der Waals surface area (Å²) in [7, 11) is 3.27. The lowest BCUT2D eigenvalue weighted by Crippen LogP contribution is -2.42. The minimum absolute atomic E-state index is 0.0175. The standard InChI is InChI=1S/C33H40N2O5/c1-4-5-6-7-8-12-15-31(36)35(2)30-23-26(24-13-10-9-11-14-24)16-17-27(30)22-29(33(38)39)34-32(37)25-18-20-28(40-3)21-19-25/h9-11,13-14,16-21,23,29H,4-8,12,15,22H2,1-3H3,(H,34,37)(H,38,39). The highest BCUT2D eigenvalue weighted by atomic mass is 16.5. The summed E-state index contributed by atoms with van der Waals surface area (Å²) in [4.78, 5) is 39.9. The van der Waals surface area contributed by atoms with Crippen LogP contribution < -0.4 is 15.0 Å². The number of nitrogens with zero attached hydrogens (tertiary/aromatic N) is 1. The Morgan fingerprint density at radius 2 is 1.55 bits per heavy atom. The molecule has 0 heterocycles. The summed E-state index contributed by atoms with van der Waals surface area (Å²) >= 11 is 0. The summed E-state index contributed by atoms with van der Waals surface area (Å²) in [6.45, 7) is 2.18. The molecule has 3 aromatic carbocycles. The van der Waals surface area contributed by atoms with Gasteiger partial charge in [-0.05, 0) is 53.4 Å². The number of ether oxygens (including phenoxy) is 1. The Kier molecular flexibility index (Phi) is 11.8. The van der Waals surface area contributed by atoms with Crippen LogP contribution in [0, 0.1) is 0 Å². The predicted molar refractivity (Wildman–Crippen MR) is 159 cm³/mol. The molecule has 2 amide bonds. The normalized spacial score (nSPS) is 11.5. The van der Waals surface area contributed by atoms with E-state index in [4.69, 9.17) is 4.74 Å². The highest BCUT2D eigenvalue weighted by molar-refractivity contribution is 5.97. The van der Waals surface area contributed by atoms with Gasteiger partial charge in [0.05, 0.1) is 7.11 Å². The molecule has 0 aliphatic heterocycles. The number of carbonyl (C=O) groups excluding carboxylic acids is 2. The molecule has 0 saturated carbocycles. The molecule has 0 aliphatic rings. The molecule has 1 atom stereocenters. The Labute approximate surface area is 237 Å². The van der Waals surface area contributed by atoms with E-state index in [0.29, 0.717) is 29.0 Å². The molecule has 40 heavy (non-hydrogen) atoms. The number of benzene rings is 3. The number of anilines is 1. The van der Waals surface area contributed by atoms with Crippen LogP contribution in [0.1, 0.15) is 67.8 Å². The molecular formula is C33H40N2O5. The average molecular weight is 545 g/mol. The monoisotopic (exact) mass is 544 g/mol. The molecule has 2 N–H and O–H groups in total. The van der Waals surface area contributed by atoms with Gasteiger partial charge in [-0.25, -0.2) is 4.79 Å². The SMILES string of the molecule is CCCCCCCCC(=O)N(C)c1cc(-c2ccccc2)ccc1CC(NC(=O)c1ccc(OC)cc1)C(=O)O. The Morgan fingerprint density at radius 1 is 0.875 bits per heavy atom. The van der Waals surface area contributed by atoms with Gasteiger partial charge >= 0.3 is 5.97 Å². The van der Waals surface area contributed by atoms with Gasteiger partial charge in [0, 0.05) is 31.1 Å². The van der Waals surface area contributed by atoms with Crippen molar-refractivity contribution in [2.45, 2.75) is 64.3 Å². The molecule has 0 radical (unpaired) electrons. The highest BCUT2D eigenvalue weighted by Crippen LogP contribution is 2.29. The zero-order valence-corrected chi connectivity index (χ0v) is 23.7. The fourth-order valence-electron chi connectivity index (χ4n) is 4.62. The number of amides is 2. The van der Waals surface area contributed by atoms with Crippen molar-refractivity contribution >= 4 is 23.5 Å². The van der Waals surface area contributed by atoms with Gasteiger partial charge < -0.3 is 20.1 Å². The Balaban J connectivity index is 1.82. The summed E-state index contributed by atoms with van der Waals surface area (Å²) < 4.78 is 5.13. The van der Waals surface area contributed by atoms with E-state index in [-0.39, 0.29) is 12.3 Å². The van der Waals surface area contributed by atoms with E-state index in [1.165, 1.54) is 26.4 Å². The van der Waals surface area contributed by atoms with Crippen LogP contribution in [-0.4, -0.2) is 43.1 Å². The van der Waals surface area contributed by atoms with Crippen molar-refractivity contribution in [2.75, 3.05) is 19.1 Å². The van der Waals surface area contributed by atoms with E-state index >= 15 is 0 Å². The maximum atomic E-state index is 13.2. The number of nitrogens with one attached hydrogen (secondary N) is 1. The first-order chi connectivity index (χ1) is 19.3. The van der Waals surface area contributed by atoms with E-state index in [9.17, 15) is 19.5 Å². The Bertz CT molecular complexity index is 1260. The maximum Gasteiger partial charge on any atom is 0.326 e. The van der Waals surface area contributed by atoms with E-state index in [0.717, 1.165) is 30.4 Å². The van der Waals surface area contributed by atoms with Crippen LogP contribution in [0.4, 0.5) is 5.69 Å². The maximum absolute atomic E-state index is 13.2. The van der Waals surface area contributed by atoms with Crippen molar-refractivity contribution in [1.29, 1.82) is 0 Å². The quantitative estimate of drug-likeness (QED) is 0.213.